The van der Waals surface area contributed by atoms with Gasteiger partial charge in [-0.15, -0.1) is 0 Å². The molecule has 0 heterocycles. The van der Waals surface area contributed by atoms with E-state index in [0.29, 0.717) is 6.42 Å². The smallest absolute Gasteiger partial charge is 0.406 e. The van der Waals surface area contributed by atoms with Gasteiger partial charge in [0.15, 0.2) is 0 Å². The number of hydrogen-bond donors (Lipinski definition) is 4. The maximum absolute atomic E-state index is 12.6. The van der Waals surface area contributed by atoms with Crippen LogP contribution in [0.25, 0.3) is 0 Å². The van der Waals surface area contributed by atoms with Crippen molar-refractivity contribution in [3.63, 3.8) is 0 Å². The summed E-state index contributed by atoms with van der Waals surface area (Å²) in [5.74, 6) is -1.55. The average molecular weight is 392 g/mol. The van der Waals surface area contributed by atoms with E-state index < -0.39 is 29.5 Å². The van der Waals surface area contributed by atoms with E-state index in [0.717, 1.165) is 5.56 Å². The maximum atomic E-state index is 12.6. The van der Waals surface area contributed by atoms with Crippen LogP contribution >= 0.6 is 0 Å². The molecule has 0 aromatic heterocycles. The molecule has 0 fully saturated rings. The van der Waals surface area contributed by atoms with Crippen LogP contribution in [0.5, 0.6) is 0 Å². The molecule has 0 aliphatic rings. The van der Waals surface area contributed by atoms with Gasteiger partial charge in [-0.05, 0) is 32.3 Å². The highest BCUT2D eigenvalue weighted by Crippen LogP contribution is 2.06. The van der Waals surface area contributed by atoms with Gasteiger partial charge in [-0.1, -0.05) is 30.3 Å². The summed E-state index contributed by atoms with van der Waals surface area (Å²) in [4.78, 5) is 47.5. The second-order valence-corrected chi connectivity index (χ2v) is 6.82. The molecule has 0 unspecified atom stereocenters. The molecule has 0 aliphatic heterocycles. The number of benzene rings is 1. The number of carbonyl (C=O) groups is 4. The van der Waals surface area contributed by atoms with Gasteiger partial charge in [0.25, 0.3) is 0 Å². The van der Waals surface area contributed by atoms with Gasteiger partial charge in [-0.2, -0.15) is 0 Å². The molecule has 9 heteroatoms. The van der Waals surface area contributed by atoms with E-state index in [1.165, 1.54) is 21.0 Å². The van der Waals surface area contributed by atoms with Crippen molar-refractivity contribution in [3.05, 3.63) is 35.9 Å². The van der Waals surface area contributed by atoms with E-state index in [1.807, 2.05) is 30.3 Å². The number of carbonyl (C=O) groups excluding carboxylic acids is 4. The van der Waals surface area contributed by atoms with Gasteiger partial charge in [-0.3, -0.25) is 14.4 Å². The number of rotatable bonds is 10. The number of nitrogens with two attached hydrogens (primary N) is 1. The number of nitrogens with one attached hydrogen (secondary N) is 3. The third kappa shape index (κ3) is 8.07. The summed E-state index contributed by atoms with van der Waals surface area (Å²) in [5, 5.41) is 7.73. The van der Waals surface area contributed by atoms with E-state index >= 15 is 0 Å². The molecule has 0 spiro atoms. The number of hydrogen-bond acceptors (Lipinski definition) is 5. The first-order valence-corrected chi connectivity index (χ1v) is 8.92. The van der Waals surface area contributed by atoms with Crippen molar-refractivity contribution in [3.8, 4) is 0 Å². The van der Waals surface area contributed by atoms with Crippen molar-refractivity contribution in [1.29, 1.82) is 0 Å². The Hall–Kier alpha value is -3.10. The molecule has 0 saturated heterocycles. The minimum Gasteiger partial charge on any atom is -0.453 e. The lowest BCUT2D eigenvalue weighted by Gasteiger charge is -2.26. The summed E-state index contributed by atoms with van der Waals surface area (Å²) in [6.07, 6.45) is 0.203. The predicted molar refractivity (Wildman–Crippen MR) is 103 cm³/mol. The van der Waals surface area contributed by atoms with Crippen molar-refractivity contribution < 1.29 is 23.9 Å². The van der Waals surface area contributed by atoms with Gasteiger partial charge in [-0.25, -0.2) is 4.79 Å². The lowest BCUT2D eigenvalue weighted by atomic mass is 10.0. The zero-order chi connectivity index (χ0) is 21.2. The molecule has 28 heavy (non-hydrogen) atoms. The second kappa shape index (κ2) is 10.9. The summed E-state index contributed by atoms with van der Waals surface area (Å²) < 4.78 is 4.48. The van der Waals surface area contributed by atoms with Crippen molar-refractivity contribution in [2.75, 3.05) is 13.7 Å². The Morgan fingerprint density at radius 3 is 2.36 bits per heavy atom. The summed E-state index contributed by atoms with van der Waals surface area (Å²) in [6, 6.07) is 8.23. The topological polar surface area (TPSA) is 140 Å². The lowest BCUT2D eigenvalue weighted by molar-refractivity contribution is -0.133. The van der Waals surface area contributed by atoms with Crippen LogP contribution in [0.15, 0.2) is 30.3 Å². The minimum absolute atomic E-state index is 0.115. The first-order chi connectivity index (χ1) is 13.2. The molecule has 4 amide bonds. The molecule has 9 nitrogen and oxygen atoms in total. The first kappa shape index (κ1) is 22.9. The van der Waals surface area contributed by atoms with Crippen LogP contribution in [0.1, 0.15) is 32.3 Å². The summed E-state index contributed by atoms with van der Waals surface area (Å²) >= 11 is 0. The zero-order valence-corrected chi connectivity index (χ0v) is 16.4. The van der Waals surface area contributed by atoms with Crippen molar-refractivity contribution in [2.45, 2.75) is 44.7 Å². The fourth-order valence-corrected chi connectivity index (χ4v) is 2.32. The summed E-state index contributed by atoms with van der Waals surface area (Å²) in [7, 11) is 1.25. The number of methoxy groups -OCH3 is 1. The Bertz CT molecular complexity index is 691. The van der Waals surface area contributed by atoms with Crippen LogP contribution in [-0.2, 0) is 25.5 Å². The first-order valence-electron chi connectivity index (χ1n) is 8.92. The van der Waals surface area contributed by atoms with Gasteiger partial charge in [0, 0.05) is 6.54 Å². The summed E-state index contributed by atoms with van der Waals surface area (Å²) in [6.45, 7) is 3.23. The molecule has 0 saturated carbocycles. The van der Waals surface area contributed by atoms with Gasteiger partial charge in [0.1, 0.15) is 11.6 Å². The van der Waals surface area contributed by atoms with Crippen LogP contribution in [0, 0.1) is 0 Å². The standard InChI is InChI=1S/C19H28N4O5/c1-19(2,17(20)26)23-16(25)14(10-7-11-21-18(27)28-3)22-15(24)12-13-8-5-4-6-9-13/h4-6,8-9,14H,7,10-12H2,1-3H3,(H2,20,26)(H,21,27)(H,22,24)(H,23,25)/t14-/m1/s1. The van der Waals surface area contributed by atoms with Gasteiger partial charge >= 0.3 is 6.09 Å². The van der Waals surface area contributed by atoms with Crippen molar-refractivity contribution in [1.82, 2.24) is 16.0 Å². The Morgan fingerprint density at radius 2 is 1.79 bits per heavy atom. The molecule has 154 valence electrons. The number of amides is 4. The number of ether oxygens (including phenoxy) is 1. The van der Waals surface area contributed by atoms with E-state index in [4.69, 9.17) is 5.73 Å². The van der Waals surface area contributed by atoms with Crippen molar-refractivity contribution >= 4 is 23.8 Å². The SMILES string of the molecule is COC(=O)NCCC[C@@H](NC(=O)Cc1ccccc1)C(=O)NC(C)(C)C(N)=O. The Morgan fingerprint density at radius 1 is 1.14 bits per heavy atom. The Kier molecular flexibility index (Phi) is 8.94. The average Bonchev–Trinajstić information content (AvgIpc) is 2.64. The molecular formula is C19H28N4O5. The van der Waals surface area contributed by atoms with E-state index in [2.05, 4.69) is 20.7 Å². The minimum atomic E-state index is -1.26. The van der Waals surface area contributed by atoms with Crippen LogP contribution < -0.4 is 21.7 Å². The molecule has 1 atom stereocenters. The van der Waals surface area contributed by atoms with E-state index in [-0.39, 0.29) is 25.3 Å². The third-order valence-electron chi connectivity index (χ3n) is 4.04. The lowest BCUT2D eigenvalue weighted by Crippen LogP contribution is -2.58. The normalized spacial score (nSPS) is 11.8. The molecule has 0 bridgehead atoms. The molecule has 0 radical (unpaired) electrons. The van der Waals surface area contributed by atoms with Gasteiger partial charge < -0.3 is 26.4 Å². The molecule has 5 N–H and O–H groups in total. The highest BCUT2D eigenvalue weighted by Gasteiger charge is 2.30. The van der Waals surface area contributed by atoms with Crippen molar-refractivity contribution in [2.24, 2.45) is 5.73 Å². The Labute approximate surface area is 164 Å². The fraction of sp³-hybridized carbons (Fsp3) is 0.474. The molecule has 0 aliphatic carbocycles. The van der Waals surface area contributed by atoms with Crippen LogP contribution in [-0.4, -0.2) is 49.1 Å². The largest absolute Gasteiger partial charge is 0.453 e. The van der Waals surface area contributed by atoms with Crippen LogP contribution in [0.4, 0.5) is 4.79 Å². The van der Waals surface area contributed by atoms with E-state index in [1.54, 1.807) is 0 Å². The van der Waals surface area contributed by atoms with Gasteiger partial charge in [0.05, 0.1) is 13.5 Å². The third-order valence-corrected chi connectivity index (χ3v) is 4.04. The monoisotopic (exact) mass is 392 g/mol. The quantitative estimate of drug-likeness (QED) is 0.422. The second-order valence-electron chi connectivity index (χ2n) is 6.82. The van der Waals surface area contributed by atoms with E-state index in [9.17, 15) is 19.2 Å². The zero-order valence-electron chi connectivity index (χ0n) is 16.4. The predicted octanol–water partition coefficient (Wildman–Crippen LogP) is 0.230. The summed E-state index contributed by atoms with van der Waals surface area (Å²) in [5.41, 5.74) is 4.84. The van der Waals surface area contributed by atoms with Gasteiger partial charge in [0.2, 0.25) is 17.7 Å². The highest BCUT2D eigenvalue weighted by atomic mass is 16.5. The molecule has 1 rings (SSSR count). The molecule has 1 aromatic carbocycles. The number of alkyl carbamates (subject to hydrolysis) is 1. The Balaban J connectivity index is 2.72. The molecule has 1 aromatic rings. The molecular weight excluding hydrogens is 364 g/mol. The highest BCUT2D eigenvalue weighted by molar-refractivity contribution is 5.93. The fourth-order valence-electron chi connectivity index (χ4n) is 2.32. The number of primary amides is 1. The van der Waals surface area contributed by atoms with Crippen LogP contribution in [0.2, 0.25) is 0 Å². The van der Waals surface area contributed by atoms with Crippen LogP contribution in [0.3, 0.4) is 0 Å². The maximum Gasteiger partial charge on any atom is 0.406 e.